The number of nitrogens with zero attached hydrogens (tertiary/aromatic N) is 2. The fraction of sp³-hybridized carbons (Fsp3) is 0.438. The zero-order valence-electron chi connectivity index (χ0n) is 15.9. The predicted molar refractivity (Wildman–Crippen MR) is 101 cm³/mol. The van der Waals surface area contributed by atoms with E-state index in [1.54, 1.807) is 12.4 Å². The SMILES string of the molecule is CCC[C@@H](C(=O)NOCc1nc2ccccc2[nH]1)N(CC)C(=O)NOS(=O)(=O)O. The van der Waals surface area contributed by atoms with Gasteiger partial charge in [0.25, 0.3) is 5.91 Å². The number of nitrogens with one attached hydrogen (secondary N) is 3. The summed E-state index contributed by atoms with van der Waals surface area (Å²) in [6.45, 7) is 3.46. The number of amides is 3. The molecule has 12 nitrogen and oxygen atoms in total. The molecular formula is C16H23N5O7S. The Morgan fingerprint density at radius 2 is 2.00 bits per heavy atom. The summed E-state index contributed by atoms with van der Waals surface area (Å²) >= 11 is 0. The van der Waals surface area contributed by atoms with Crippen LogP contribution < -0.4 is 11.0 Å². The second-order valence-corrected chi connectivity index (χ2v) is 6.99. The van der Waals surface area contributed by atoms with E-state index in [-0.39, 0.29) is 19.6 Å². The monoisotopic (exact) mass is 429 g/mol. The van der Waals surface area contributed by atoms with E-state index in [1.165, 1.54) is 0 Å². The van der Waals surface area contributed by atoms with Crippen molar-refractivity contribution in [3.8, 4) is 0 Å². The molecular weight excluding hydrogens is 406 g/mol. The smallest absolute Gasteiger partial charge is 0.340 e. The average molecular weight is 429 g/mol. The number of likely N-dealkylation sites (N-methyl/N-ethyl adjacent to an activating group) is 1. The second kappa shape index (κ2) is 10.2. The van der Waals surface area contributed by atoms with Gasteiger partial charge in [-0.2, -0.15) is 13.9 Å². The highest BCUT2D eigenvalue weighted by Crippen LogP contribution is 2.11. The Morgan fingerprint density at radius 1 is 1.28 bits per heavy atom. The van der Waals surface area contributed by atoms with Crippen LogP contribution in [-0.4, -0.2) is 52.4 Å². The molecule has 0 fully saturated rings. The van der Waals surface area contributed by atoms with Gasteiger partial charge < -0.3 is 9.88 Å². The lowest BCUT2D eigenvalue weighted by Gasteiger charge is -2.28. The Morgan fingerprint density at radius 3 is 2.62 bits per heavy atom. The van der Waals surface area contributed by atoms with Crippen molar-refractivity contribution in [2.45, 2.75) is 39.3 Å². The molecule has 29 heavy (non-hydrogen) atoms. The largest absolute Gasteiger partial charge is 0.418 e. The first-order valence-corrected chi connectivity index (χ1v) is 10.2. The Balaban J connectivity index is 1.96. The van der Waals surface area contributed by atoms with E-state index >= 15 is 0 Å². The van der Waals surface area contributed by atoms with Gasteiger partial charge in [-0.05, 0) is 25.5 Å². The summed E-state index contributed by atoms with van der Waals surface area (Å²) in [5.41, 5.74) is 5.44. The first-order valence-electron chi connectivity index (χ1n) is 8.83. The third-order valence-corrected chi connectivity index (χ3v) is 4.19. The molecule has 0 aliphatic rings. The number of hydroxylamine groups is 2. The number of imidazole rings is 1. The fourth-order valence-electron chi connectivity index (χ4n) is 2.67. The van der Waals surface area contributed by atoms with Crippen LogP contribution in [0.1, 0.15) is 32.5 Å². The molecule has 1 aromatic heterocycles. The summed E-state index contributed by atoms with van der Waals surface area (Å²) in [7, 11) is -4.87. The quantitative estimate of drug-likeness (QED) is 0.321. The molecule has 0 aliphatic heterocycles. The lowest BCUT2D eigenvalue weighted by atomic mass is 10.1. The van der Waals surface area contributed by atoms with Gasteiger partial charge in [-0.3, -0.25) is 14.2 Å². The van der Waals surface area contributed by atoms with Crippen molar-refractivity contribution in [2.24, 2.45) is 0 Å². The number of carbonyl (C=O) groups is 2. The van der Waals surface area contributed by atoms with Crippen LogP contribution in [0.3, 0.4) is 0 Å². The lowest BCUT2D eigenvalue weighted by molar-refractivity contribution is -0.139. The minimum Gasteiger partial charge on any atom is -0.340 e. The van der Waals surface area contributed by atoms with E-state index < -0.39 is 28.4 Å². The molecule has 160 valence electrons. The van der Waals surface area contributed by atoms with E-state index in [4.69, 9.17) is 9.39 Å². The molecule has 2 rings (SSSR count). The number of fused-ring (bicyclic) bond motifs is 1. The number of hydrogen-bond donors (Lipinski definition) is 4. The molecule has 1 heterocycles. The van der Waals surface area contributed by atoms with Gasteiger partial charge in [0, 0.05) is 6.54 Å². The van der Waals surface area contributed by atoms with Gasteiger partial charge in [0.2, 0.25) is 0 Å². The average Bonchev–Trinajstić information content (AvgIpc) is 3.08. The van der Waals surface area contributed by atoms with Crippen LogP contribution in [0, 0.1) is 0 Å². The van der Waals surface area contributed by atoms with Crippen LogP contribution in [0.5, 0.6) is 0 Å². The van der Waals surface area contributed by atoms with Gasteiger partial charge in [0.05, 0.1) is 11.0 Å². The van der Waals surface area contributed by atoms with E-state index in [1.807, 2.05) is 31.2 Å². The van der Waals surface area contributed by atoms with Crippen molar-refractivity contribution in [2.75, 3.05) is 6.54 Å². The number of rotatable bonds is 10. The minimum absolute atomic E-state index is 0.0244. The van der Waals surface area contributed by atoms with Gasteiger partial charge in [0.15, 0.2) is 0 Å². The van der Waals surface area contributed by atoms with Crippen LogP contribution in [0.2, 0.25) is 0 Å². The summed E-state index contributed by atoms with van der Waals surface area (Å²) in [6.07, 6.45) is 0.845. The van der Waals surface area contributed by atoms with E-state index in [9.17, 15) is 18.0 Å². The number of hydrogen-bond acceptors (Lipinski definition) is 7. The Kier molecular flexibility index (Phi) is 7.90. The van der Waals surface area contributed by atoms with Crippen molar-refractivity contribution in [1.29, 1.82) is 0 Å². The minimum atomic E-state index is -4.87. The number of aromatic nitrogens is 2. The number of H-pyrrole nitrogens is 1. The topological polar surface area (TPSA) is 163 Å². The maximum absolute atomic E-state index is 12.5. The molecule has 0 spiro atoms. The molecule has 0 saturated carbocycles. The molecule has 3 amide bonds. The van der Waals surface area contributed by atoms with Crippen molar-refractivity contribution >= 4 is 33.4 Å². The molecule has 4 N–H and O–H groups in total. The van der Waals surface area contributed by atoms with Gasteiger partial charge >= 0.3 is 16.4 Å². The summed E-state index contributed by atoms with van der Waals surface area (Å²) in [5.74, 6) is -0.1000. The standard InChI is InChI=1S/C16H23N5O7S/c1-3-7-13(21(4-2)16(23)20-28-29(24,25)26)15(22)19-27-10-14-17-11-8-5-6-9-12(11)18-14/h5-6,8-9,13H,3-4,7,10H2,1-2H3,(H,17,18)(H,19,22)(H,20,23)(H,24,25,26)/t13-/m0/s1. The summed E-state index contributed by atoms with van der Waals surface area (Å²) in [5, 5.41) is 0. The van der Waals surface area contributed by atoms with Gasteiger partial charge in [-0.25, -0.2) is 15.3 Å². The van der Waals surface area contributed by atoms with Crippen LogP contribution in [0.15, 0.2) is 24.3 Å². The van der Waals surface area contributed by atoms with Crippen molar-refractivity contribution in [3.05, 3.63) is 30.1 Å². The first kappa shape index (κ1) is 22.5. The van der Waals surface area contributed by atoms with Crippen molar-refractivity contribution in [1.82, 2.24) is 25.8 Å². The fourth-order valence-corrected chi connectivity index (χ4v) is 2.85. The normalized spacial score (nSPS) is 12.5. The second-order valence-electron chi connectivity index (χ2n) is 5.96. The third-order valence-electron chi connectivity index (χ3n) is 3.90. The molecule has 13 heteroatoms. The maximum atomic E-state index is 12.5. The molecule has 1 atom stereocenters. The predicted octanol–water partition coefficient (Wildman–Crippen LogP) is 1.05. The zero-order chi connectivity index (χ0) is 21.4. The summed E-state index contributed by atoms with van der Waals surface area (Å²) in [6, 6.07) is 5.44. The number of para-hydroxylation sites is 2. The Bertz CT molecular complexity index is 913. The maximum Gasteiger partial charge on any atom is 0.418 e. The number of carbonyl (C=O) groups excluding carboxylic acids is 2. The van der Waals surface area contributed by atoms with Gasteiger partial charge in [0.1, 0.15) is 18.5 Å². The van der Waals surface area contributed by atoms with E-state index in [0.717, 1.165) is 15.9 Å². The molecule has 2 aromatic rings. The van der Waals surface area contributed by atoms with E-state index in [2.05, 4.69) is 19.7 Å². The van der Waals surface area contributed by atoms with Crippen LogP contribution >= 0.6 is 0 Å². The van der Waals surface area contributed by atoms with Gasteiger partial charge in [-0.1, -0.05) is 25.5 Å². The highest BCUT2D eigenvalue weighted by atomic mass is 32.3. The van der Waals surface area contributed by atoms with Crippen molar-refractivity contribution < 1.29 is 31.7 Å². The molecule has 0 radical (unpaired) electrons. The molecule has 1 aromatic carbocycles. The van der Waals surface area contributed by atoms with E-state index in [0.29, 0.717) is 12.2 Å². The van der Waals surface area contributed by atoms with Crippen molar-refractivity contribution in [3.63, 3.8) is 0 Å². The Hall–Kier alpha value is -2.74. The van der Waals surface area contributed by atoms with Crippen LogP contribution in [-0.2, 0) is 30.9 Å². The van der Waals surface area contributed by atoms with Gasteiger partial charge in [-0.15, -0.1) is 4.28 Å². The van der Waals surface area contributed by atoms with Crippen LogP contribution in [0.4, 0.5) is 4.79 Å². The summed E-state index contributed by atoms with van der Waals surface area (Å²) < 4.78 is 33.6. The number of aromatic amines is 1. The molecule has 0 unspecified atom stereocenters. The van der Waals surface area contributed by atoms with Crippen LogP contribution in [0.25, 0.3) is 11.0 Å². The highest BCUT2D eigenvalue weighted by molar-refractivity contribution is 7.80. The Labute approximate surface area is 167 Å². The number of urea groups is 1. The zero-order valence-corrected chi connectivity index (χ0v) is 16.7. The molecule has 0 aliphatic carbocycles. The molecule has 0 saturated heterocycles. The first-order chi connectivity index (χ1) is 13.7. The number of benzene rings is 1. The highest BCUT2D eigenvalue weighted by Gasteiger charge is 2.29. The molecule has 0 bridgehead atoms. The summed E-state index contributed by atoms with van der Waals surface area (Å²) in [4.78, 5) is 38.2. The lowest BCUT2D eigenvalue weighted by Crippen LogP contribution is -2.52. The third kappa shape index (κ3) is 6.67.